The third kappa shape index (κ3) is 5.22. The van der Waals surface area contributed by atoms with Crippen LogP contribution in [0.5, 0.6) is 0 Å². The summed E-state index contributed by atoms with van der Waals surface area (Å²) in [5, 5.41) is 31.3. The number of rotatable bonds is 6. The monoisotopic (exact) mass is 669 g/mol. The van der Waals surface area contributed by atoms with Crippen LogP contribution in [0.4, 0.5) is 11.4 Å². The van der Waals surface area contributed by atoms with Gasteiger partial charge in [-0.25, -0.2) is 0 Å². The molecule has 3 aliphatic rings. The van der Waals surface area contributed by atoms with Gasteiger partial charge in [-0.2, -0.15) is 15.8 Å². The average Bonchev–Trinajstić information content (AvgIpc) is 3.71. The van der Waals surface area contributed by atoms with Crippen molar-refractivity contribution in [3.05, 3.63) is 179 Å². The molecule has 0 N–H and O–H groups in total. The first kappa shape index (κ1) is 32.3. The van der Waals surface area contributed by atoms with E-state index in [1.54, 1.807) is 0 Å². The Balaban J connectivity index is 1.29. The first-order valence-corrected chi connectivity index (χ1v) is 17.5. The Kier molecular flexibility index (Phi) is 8.15. The lowest BCUT2D eigenvalue weighted by molar-refractivity contribution is 0.710. The molecule has 8 rings (SSSR count). The van der Waals surface area contributed by atoms with Crippen molar-refractivity contribution >= 4 is 39.5 Å². The lowest BCUT2D eigenvalue weighted by Gasteiger charge is -2.31. The zero-order valence-corrected chi connectivity index (χ0v) is 29.1. The molecule has 0 saturated heterocycles. The molecule has 0 spiro atoms. The quantitative estimate of drug-likeness (QED) is 0.133. The highest BCUT2D eigenvalue weighted by atomic mass is 15.2. The molecule has 3 unspecified atom stereocenters. The van der Waals surface area contributed by atoms with E-state index in [9.17, 15) is 15.8 Å². The fourth-order valence-corrected chi connectivity index (χ4v) is 8.32. The van der Waals surface area contributed by atoms with E-state index >= 15 is 0 Å². The van der Waals surface area contributed by atoms with E-state index in [-0.39, 0.29) is 17.9 Å². The van der Waals surface area contributed by atoms with E-state index in [1.807, 2.05) is 43.3 Å². The van der Waals surface area contributed by atoms with Crippen molar-refractivity contribution in [2.75, 3.05) is 4.90 Å². The molecule has 1 aromatic heterocycles. The first-order valence-electron chi connectivity index (χ1n) is 17.5. The Morgan fingerprint density at radius 1 is 0.827 bits per heavy atom. The third-order valence-electron chi connectivity index (χ3n) is 10.5. The number of nitrogens with zero attached hydrogens (tertiary/aromatic N) is 5. The maximum absolute atomic E-state index is 10.5. The number of aromatic nitrogens is 1. The molecule has 0 bridgehead atoms. The average molecular weight is 670 g/mol. The molecule has 5 heteroatoms. The van der Waals surface area contributed by atoms with Crippen LogP contribution in [0, 0.1) is 34.0 Å². The van der Waals surface area contributed by atoms with Gasteiger partial charge in [0.25, 0.3) is 0 Å². The molecule has 52 heavy (non-hydrogen) atoms. The van der Waals surface area contributed by atoms with Crippen LogP contribution < -0.4 is 4.90 Å². The van der Waals surface area contributed by atoms with Crippen LogP contribution >= 0.6 is 0 Å². The van der Waals surface area contributed by atoms with E-state index in [0.717, 1.165) is 61.4 Å². The first-order chi connectivity index (χ1) is 25.4. The summed E-state index contributed by atoms with van der Waals surface area (Å²) in [6.45, 7) is 8.08. The smallest absolute Gasteiger partial charge is 0.0985 e. The summed E-state index contributed by atoms with van der Waals surface area (Å²) in [7, 11) is 0. The molecule has 0 fully saturated rings. The predicted molar refractivity (Wildman–Crippen MR) is 211 cm³/mol. The van der Waals surface area contributed by atoms with Gasteiger partial charge >= 0.3 is 0 Å². The number of para-hydroxylation sites is 3. The second-order valence-electron chi connectivity index (χ2n) is 13.6. The topological polar surface area (TPSA) is 79.5 Å². The molecule has 5 aromatic rings. The van der Waals surface area contributed by atoms with Crippen molar-refractivity contribution in [1.82, 2.24) is 4.57 Å². The molecule has 0 saturated carbocycles. The lowest BCUT2D eigenvalue weighted by atomic mass is 9.86. The van der Waals surface area contributed by atoms with Gasteiger partial charge in [-0.1, -0.05) is 105 Å². The van der Waals surface area contributed by atoms with Crippen molar-refractivity contribution in [3.8, 4) is 23.9 Å². The second-order valence-corrected chi connectivity index (χ2v) is 13.6. The van der Waals surface area contributed by atoms with Gasteiger partial charge in [0.2, 0.25) is 0 Å². The minimum Gasteiger partial charge on any atom is -0.333 e. The van der Waals surface area contributed by atoms with Crippen molar-refractivity contribution < 1.29 is 0 Å². The van der Waals surface area contributed by atoms with Gasteiger partial charge in [0.1, 0.15) is 0 Å². The standard InChI is InChI=1S/C47H35N5/c1-30(27-48)24-40(38-14-6-11-19-45(38)52-43-17-9-4-12-36(43)37-13-5-10-18-44(37)52)46(32(3)28-49)34-20-22-35(23-21-34)51-42-16-8-7-15-39(42)41-26-33(29-50)25-31(2)47(41)51/h4-24,26,31,36,43H,1,25H2,2-3H3/b40-24-,46-32+. The molecular weight excluding hydrogens is 635 g/mol. The van der Waals surface area contributed by atoms with E-state index in [2.05, 4.69) is 138 Å². The molecular formula is C47H35N5. The van der Waals surface area contributed by atoms with E-state index in [1.165, 1.54) is 11.3 Å². The fraction of sp³-hybridized carbons (Fsp3) is 0.128. The highest BCUT2D eigenvalue weighted by Gasteiger charge is 2.38. The summed E-state index contributed by atoms with van der Waals surface area (Å²) in [5.41, 5.74) is 12.7. The highest BCUT2D eigenvalue weighted by molar-refractivity contribution is 6.10. The Morgan fingerprint density at radius 3 is 2.31 bits per heavy atom. The molecule has 5 nitrogen and oxygen atoms in total. The number of benzene rings is 4. The van der Waals surface area contributed by atoms with Crippen LogP contribution in [0.25, 0.3) is 33.8 Å². The Hall–Kier alpha value is -6.87. The van der Waals surface area contributed by atoms with Crippen LogP contribution in [0.15, 0.2) is 151 Å². The van der Waals surface area contributed by atoms with Gasteiger partial charge in [-0.15, -0.1) is 0 Å². The Labute approximate surface area is 304 Å². The van der Waals surface area contributed by atoms with Crippen LogP contribution in [-0.2, 0) is 0 Å². The third-order valence-corrected chi connectivity index (χ3v) is 10.5. The number of anilines is 2. The van der Waals surface area contributed by atoms with E-state index in [4.69, 9.17) is 0 Å². The lowest BCUT2D eigenvalue weighted by Crippen LogP contribution is -2.29. The normalized spacial score (nSPS) is 19.1. The molecule has 0 amide bonds. The number of hydrogen-bond donors (Lipinski definition) is 0. The van der Waals surface area contributed by atoms with Gasteiger partial charge in [0, 0.05) is 73.4 Å². The summed E-state index contributed by atoms with van der Waals surface area (Å²) in [4.78, 5) is 2.38. The van der Waals surface area contributed by atoms with Crippen LogP contribution in [0.1, 0.15) is 60.1 Å². The van der Waals surface area contributed by atoms with Crippen molar-refractivity contribution in [2.24, 2.45) is 0 Å². The van der Waals surface area contributed by atoms with Gasteiger partial charge < -0.3 is 9.47 Å². The van der Waals surface area contributed by atoms with Gasteiger partial charge in [-0.3, -0.25) is 0 Å². The zero-order valence-electron chi connectivity index (χ0n) is 29.1. The second kappa shape index (κ2) is 13.1. The minimum atomic E-state index is 0.0801. The number of allylic oxidation sites excluding steroid dienone is 8. The molecule has 3 atom stereocenters. The molecule has 248 valence electrons. The molecule has 2 aliphatic carbocycles. The summed E-state index contributed by atoms with van der Waals surface area (Å²) < 4.78 is 2.31. The van der Waals surface area contributed by atoms with E-state index < -0.39 is 0 Å². The predicted octanol–water partition coefficient (Wildman–Crippen LogP) is 11.2. The van der Waals surface area contributed by atoms with Gasteiger partial charge in [0.15, 0.2) is 0 Å². The Bertz CT molecular complexity index is 2580. The van der Waals surface area contributed by atoms with Crippen LogP contribution in [-0.4, -0.2) is 10.6 Å². The maximum atomic E-state index is 10.5. The van der Waals surface area contributed by atoms with Crippen molar-refractivity contribution in [1.29, 1.82) is 15.8 Å². The molecule has 2 heterocycles. The summed E-state index contributed by atoms with van der Waals surface area (Å²) in [6.07, 6.45) is 13.3. The van der Waals surface area contributed by atoms with Gasteiger partial charge in [0.05, 0.1) is 29.8 Å². The van der Waals surface area contributed by atoms with E-state index in [0.29, 0.717) is 17.6 Å². The SMILES string of the molecule is C=C(C#N)/C=C(\C(=C(/C)C#N)c1ccc(-n2c3c(c4ccccc42)C=C(C#N)CC3C)cc1)c1ccccc1N1c2ccccc2C2C=CC=CC21. The summed E-state index contributed by atoms with van der Waals surface area (Å²) >= 11 is 0. The van der Waals surface area contributed by atoms with Crippen LogP contribution in [0.3, 0.4) is 0 Å². The largest absolute Gasteiger partial charge is 0.333 e. The molecule has 0 radical (unpaired) electrons. The van der Waals surface area contributed by atoms with Crippen molar-refractivity contribution in [3.63, 3.8) is 0 Å². The summed E-state index contributed by atoms with van der Waals surface area (Å²) in [5.74, 6) is 0.366. The summed E-state index contributed by atoms with van der Waals surface area (Å²) in [6, 6.07) is 40.6. The molecule has 4 aromatic carbocycles. The van der Waals surface area contributed by atoms with Gasteiger partial charge in [-0.05, 0) is 72.5 Å². The maximum Gasteiger partial charge on any atom is 0.0985 e. The Morgan fingerprint density at radius 2 is 1.54 bits per heavy atom. The van der Waals surface area contributed by atoms with Crippen LogP contribution in [0.2, 0.25) is 0 Å². The minimum absolute atomic E-state index is 0.0801. The highest BCUT2D eigenvalue weighted by Crippen LogP contribution is 2.50. The molecule has 1 aliphatic heterocycles. The number of hydrogen-bond acceptors (Lipinski definition) is 4. The number of nitriles is 3. The fourth-order valence-electron chi connectivity index (χ4n) is 8.32. The van der Waals surface area contributed by atoms with Crippen molar-refractivity contribution in [2.45, 2.75) is 38.1 Å². The number of fused-ring (bicyclic) bond motifs is 6. The zero-order chi connectivity index (χ0) is 35.9.